The fourth-order valence-electron chi connectivity index (χ4n) is 1.97. The van der Waals surface area contributed by atoms with Crippen molar-refractivity contribution in [1.29, 1.82) is 0 Å². The maximum atomic E-state index is 11.9. The molecule has 0 spiro atoms. The molecule has 5 heteroatoms. The van der Waals surface area contributed by atoms with Gasteiger partial charge in [-0.05, 0) is 65.2 Å². The molecular weight excluding hydrogens is 364 g/mol. The molecule has 0 aliphatic carbocycles. The topological polar surface area (TPSA) is 41.1 Å². The van der Waals surface area contributed by atoms with E-state index >= 15 is 0 Å². The highest BCUT2D eigenvalue weighted by molar-refractivity contribution is 9.10. The molecule has 2 N–H and O–H groups in total. The highest BCUT2D eigenvalue weighted by atomic mass is 79.9. The van der Waals surface area contributed by atoms with Gasteiger partial charge < -0.3 is 10.6 Å². The summed E-state index contributed by atoms with van der Waals surface area (Å²) in [5.41, 5.74) is 3.88. The van der Waals surface area contributed by atoms with Gasteiger partial charge in [-0.1, -0.05) is 23.7 Å². The number of carbonyl (C=O) groups excluding carboxylic acids is 1. The minimum atomic E-state index is -0.0457. The van der Waals surface area contributed by atoms with E-state index in [4.69, 9.17) is 11.6 Å². The van der Waals surface area contributed by atoms with Crippen LogP contribution in [0.15, 0.2) is 40.9 Å². The molecule has 116 valence electrons. The average Bonchev–Trinajstić information content (AvgIpc) is 2.45. The van der Waals surface area contributed by atoms with Crippen molar-refractivity contribution in [3.8, 4) is 0 Å². The molecule has 3 nitrogen and oxygen atoms in total. The molecule has 0 aliphatic rings. The van der Waals surface area contributed by atoms with Gasteiger partial charge in [-0.2, -0.15) is 0 Å². The van der Waals surface area contributed by atoms with Crippen LogP contribution in [-0.2, 0) is 4.79 Å². The number of anilines is 2. The van der Waals surface area contributed by atoms with Crippen molar-refractivity contribution in [3.63, 3.8) is 0 Å². The molecule has 0 unspecified atom stereocenters. The van der Waals surface area contributed by atoms with Crippen molar-refractivity contribution < 1.29 is 4.79 Å². The summed E-state index contributed by atoms with van der Waals surface area (Å²) in [6.07, 6.45) is 0.381. The highest BCUT2D eigenvalue weighted by Crippen LogP contribution is 2.23. The number of hydrogen-bond acceptors (Lipinski definition) is 2. The lowest BCUT2D eigenvalue weighted by molar-refractivity contribution is -0.115. The number of rotatable bonds is 5. The molecule has 1 amide bonds. The quantitative estimate of drug-likeness (QED) is 0.751. The Balaban J connectivity index is 1.83. The Bertz CT molecular complexity index is 688. The summed E-state index contributed by atoms with van der Waals surface area (Å²) < 4.78 is 0.998. The number of carbonyl (C=O) groups is 1. The maximum Gasteiger partial charge on any atom is 0.226 e. The summed E-state index contributed by atoms with van der Waals surface area (Å²) >= 11 is 9.55. The molecule has 0 saturated heterocycles. The summed E-state index contributed by atoms with van der Waals surface area (Å²) in [7, 11) is 0. The third kappa shape index (κ3) is 4.75. The zero-order valence-electron chi connectivity index (χ0n) is 12.5. The Morgan fingerprint density at radius 1 is 1.18 bits per heavy atom. The summed E-state index contributed by atoms with van der Waals surface area (Å²) in [6, 6.07) is 11.6. The lowest BCUT2D eigenvalue weighted by Gasteiger charge is -2.10. The molecule has 0 fully saturated rings. The van der Waals surface area contributed by atoms with Gasteiger partial charge in [0.05, 0.1) is 0 Å². The number of benzene rings is 2. The lowest BCUT2D eigenvalue weighted by atomic mass is 10.2. The van der Waals surface area contributed by atoms with Crippen LogP contribution in [0.4, 0.5) is 11.4 Å². The van der Waals surface area contributed by atoms with E-state index in [0.29, 0.717) is 18.0 Å². The Kier molecular flexibility index (Phi) is 5.86. The van der Waals surface area contributed by atoms with Gasteiger partial charge in [-0.3, -0.25) is 4.79 Å². The second-order valence-corrected chi connectivity index (χ2v) is 6.43. The zero-order valence-corrected chi connectivity index (χ0v) is 14.9. The monoisotopic (exact) mass is 380 g/mol. The number of aryl methyl sites for hydroxylation is 2. The van der Waals surface area contributed by atoms with Crippen molar-refractivity contribution in [3.05, 3.63) is 57.0 Å². The van der Waals surface area contributed by atoms with Crippen LogP contribution in [0.2, 0.25) is 5.02 Å². The van der Waals surface area contributed by atoms with Crippen LogP contribution in [0, 0.1) is 13.8 Å². The molecule has 22 heavy (non-hydrogen) atoms. The van der Waals surface area contributed by atoms with E-state index < -0.39 is 0 Å². The highest BCUT2D eigenvalue weighted by Gasteiger charge is 2.05. The van der Waals surface area contributed by atoms with E-state index in [1.54, 1.807) is 6.07 Å². The molecule has 0 aliphatic heterocycles. The van der Waals surface area contributed by atoms with Crippen LogP contribution in [-0.4, -0.2) is 12.5 Å². The molecule has 0 heterocycles. The summed E-state index contributed by atoms with van der Waals surface area (Å²) in [5, 5.41) is 6.74. The van der Waals surface area contributed by atoms with E-state index in [1.807, 2.05) is 44.2 Å². The van der Waals surface area contributed by atoms with Gasteiger partial charge in [-0.15, -0.1) is 0 Å². The second kappa shape index (κ2) is 7.65. The molecule has 0 atom stereocenters. The molecule has 0 saturated carbocycles. The molecule has 2 rings (SSSR count). The minimum absolute atomic E-state index is 0.0457. The van der Waals surface area contributed by atoms with Crippen LogP contribution in [0.1, 0.15) is 17.5 Å². The lowest BCUT2D eigenvalue weighted by Crippen LogP contribution is -2.16. The summed E-state index contributed by atoms with van der Waals surface area (Å²) in [5.74, 6) is -0.0457. The first-order chi connectivity index (χ1) is 10.5. The molecule has 0 radical (unpaired) electrons. The number of nitrogens with one attached hydrogen (secondary N) is 2. The largest absolute Gasteiger partial charge is 0.384 e. The van der Waals surface area contributed by atoms with Crippen molar-refractivity contribution in [2.24, 2.45) is 0 Å². The van der Waals surface area contributed by atoms with Crippen LogP contribution in [0.3, 0.4) is 0 Å². The number of amides is 1. The van der Waals surface area contributed by atoms with Gasteiger partial charge in [0, 0.05) is 33.8 Å². The van der Waals surface area contributed by atoms with Gasteiger partial charge >= 0.3 is 0 Å². The smallest absolute Gasteiger partial charge is 0.226 e. The van der Waals surface area contributed by atoms with Gasteiger partial charge in [-0.25, -0.2) is 0 Å². The second-order valence-electron chi connectivity index (χ2n) is 5.17. The Morgan fingerprint density at radius 3 is 2.64 bits per heavy atom. The van der Waals surface area contributed by atoms with Gasteiger partial charge in [0.1, 0.15) is 0 Å². The van der Waals surface area contributed by atoms with Crippen molar-refractivity contribution in [2.75, 3.05) is 17.2 Å². The van der Waals surface area contributed by atoms with E-state index in [-0.39, 0.29) is 5.91 Å². The van der Waals surface area contributed by atoms with E-state index in [2.05, 4.69) is 26.6 Å². The molecule has 0 aromatic heterocycles. The Hall–Kier alpha value is -1.52. The van der Waals surface area contributed by atoms with Gasteiger partial charge in [0.15, 0.2) is 0 Å². The maximum absolute atomic E-state index is 11.9. The molecule has 2 aromatic carbocycles. The van der Waals surface area contributed by atoms with Crippen LogP contribution < -0.4 is 10.6 Å². The van der Waals surface area contributed by atoms with E-state index in [0.717, 1.165) is 21.4 Å². The van der Waals surface area contributed by atoms with Crippen molar-refractivity contribution in [2.45, 2.75) is 20.3 Å². The van der Waals surface area contributed by atoms with Gasteiger partial charge in [0.25, 0.3) is 0 Å². The standard InChI is InChI=1S/C17H18BrClN2O/c1-11-3-6-16(14(18)9-11)20-8-7-17(22)21-13-5-4-12(2)15(19)10-13/h3-6,9-10,20H,7-8H2,1-2H3,(H,21,22). The number of hydrogen-bond donors (Lipinski definition) is 2. The first-order valence-electron chi connectivity index (χ1n) is 7.02. The SMILES string of the molecule is Cc1ccc(NCCC(=O)Nc2ccc(C)c(Cl)c2)c(Br)c1. The normalized spacial score (nSPS) is 10.4. The van der Waals surface area contributed by atoms with Gasteiger partial charge in [0.2, 0.25) is 5.91 Å². The molecule has 2 aromatic rings. The fraction of sp³-hybridized carbons (Fsp3) is 0.235. The molecule has 0 bridgehead atoms. The van der Waals surface area contributed by atoms with Crippen LogP contribution >= 0.6 is 27.5 Å². The average molecular weight is 382 g/mol. The first-order valence-corrected chi connectivity index (χ1v) is 8.19. The fourth-order valence-corrected chi connectivity index (χ4v) is 2.78. The minimum Gasteiger partial charge on any atom is -0.384 e. The van der Waals surface area contributed by atoms with Crippen molar-refractivity contribution >= 4 is 44.8 Å². The Morgan fingerprint density at radius 2 is 1.95 bits per heavy atom. The predicted octanol–water partition coefficient (Wildman–Crippen LogP) is 5.16. The van der Waals surface area contributed by atoms with E-state index in [9.17, 15) is 4.79 Å². The zero-order chi connectivity index (χ0) is 16.1. The predicted molar refractivity (Wildman–Crippen MR) is 96.8 cm³/mol. The first kappa shape index (κ1) is 16.8. The third-order valence-electron chi connectivity index (χ3n) is 3.25. The Labute approximate surface area is 144 Å². The molecular formula is C17H18BrClN2O. The van der Waals surface area contributed by atoms with Crippen molar-refractivity contribution in [1.82, 2.24) is 0 Å². The number of halogens is 2. The summed E-state index contributed by atoms with van der Waals surface area (Å²) in [4.78, 5) is 11.9. The van der Waals surface area contributed by atoms with Crippen LogP contribution in [0.25, 0.3) is 0 Å². The summed E-state index contributed by atoms with van der Waals surface area (Å²) in [6.45, 7) is 4.53. The third-order valence-corrected chi connectivity index (χ3v) is 4.31. The van der Waals surface area contributed by atoms with E-state index in [1.165, 1.54) is 5.56 Å². The van der Waals surface area contributed by atoms with Crippen LogP contribution in [0.5, 0.6) is 0 Å².